The molecule has 0 aliphatic heterocycles. The van der Waals surface area contributed by atoms with Crippen LogP contribution in [0.25, 0.3) is 0 Å². The van der Waals surface area contributed by atoms with Gasteiger partial charge in [0.05, 0.1) is 12.8 Å². The van der Waals surface area contributed by atoms with Crippen LogP contribution in [0.2, 0.25) is 0 Å². The van der Waals surface area contributed by atoms with Gasteiger partial charge in [-0.05, 0) is 26.0 Å². The zero-order chi connectivity index (χ0) is 17.8. The van der Waals surface area contributed by atoms with Gasteiger partial charge in [0, 0.05) is 0 Å². The molecule has 2 unspecified atom stereocenters. The molecule has 0 saturated heterocycles. The lowest BCUT2D eigenvalue weighted by Gasteiger charge is -2.38. The molecule has 9 heteroatoms. The Labute approximate surface area is 136 Å². The molecule has 0 bridgehead atoms. The maximum atomic E-state index is 14.7. The minimum absolute atomic E-state index is 0.101. The monoisotopic (exact) mass is 353 g/mol. The fraction of sp³-hybridized carbons (Fsp3) is 0.571. The highest BCUT2D eigenvalue weighted by molar-refractivity contribution is 7.85. The van der Waals surface area contributed by atoms with Crippen LogP contribution in [0.1, 0.15) is 25.6 Å². The number of rotatable bonds is 7. The summed E-state index contributed by atoms with van der Waals surface area (Å²) in [6, 6.07) is 0.147. The number of quaternary nitrogens is 1. The first kappa shape index (κ1) is 19.7. The van der Waals surface area contributed by atoms with Gasteiger partial charge < -0.3 is 9.29 Å². The second-order valence-electron chi connectivity index (χ2n) is 5.19. The molecule has 5 nitrogen and oxygen atoms in total. The molecule has 0 aromatic carbocycles. The largest absolute Gasteiger partial charge is 0.566 e. The van der Waals surface area contributed by atoms with E-state index in [0.717, 1.165) is 18.3 Å². The third-order valence-corrected chi connectivity index (χ3v) is 5.07. The quantitative estimate of drug-likeness (QED) is 0.428. The number of aromatic nitrogens is 1. The molecule has 1 aromatic heterocycles. The van der Waals surface area contributed by atoms with E-state index in [1.165, 1.54) is 21.0 Å². The molecule has 0 amide bonds. The van der Waals surface area contributed by atoms with Crippen molar-refractivity contribution < 1.29 is 31.1 Å². The van der Waals surface area contributed by atoms with Gasteiger partial charge in [-0.2, -0.15) is 8.78 Å². The van der Waals surface area contributed by atoms with Gasteiger partial charge in [-0.1, -0.05) is 0 Å². The number of esters is 1. The molecule has 0 spiro atoms. The van der Waals surface area contributed by atoms with E-state index >= 15 is 0 Å². The predicted octanol–water partition coefficient (Wildman–Crippen LogP) is 2.22. The molecular weight excluding hydrogens is 333 g/mol. The van der Waals surface area contributed by atoms with Crippen molar-refractivity contribution in [3.05, 3.63) is 29.8 Å². The lowest BCUT2D eigenvalue weighted by molar-refractivity contribution is -0.809. The summed E-state index contributed by atoms with van der Waals surface area (Å²) < 4.78 is 58.4. The van der Waals surface area contributed by atoms with Crippen LogP contribution in [0.3, 0.4) is 0 Å². The van der Waals surface area contributed by atoms with Gasteiger partial charge in [-0.3, -0.25) is 4.98 Å². The molecule has 0 saturated carbocycles. The van der Waals surface area contributed by atoms with Crippen molar-refractivity contribution in [1.29, 1.82) is 0 Å². The highest BCUT2D eigenvalue weighted by Crippen LogP contribution is 2.41. The zero-order valence-corrected chi connectivity index (χ0v) is 14.2. The van der Waals surface area contributed by atoms with E-state index in [9.17, 15) is 22.5 Å². The molecule has 0 aliphatic carbocycles. The molecule has 0 aliphatic rings. The Morgan fingerprint density at radius 2 is 2.04 bits per heavy atom. The van der Waals surface area contributed by atoms with Gasteiger partial charge in [0.15, 0.2) is 5.75 Å². The van der Waals surface area contributed by atoms with Crippen LogP contribution in [0.4, 0.5) is 13.2 Å². The summed E-state index contributed by atoms with van der Waals surface area (Å²) >= 11 is -1.72. The molecule has 0 fully saturated rings. The average Bonchev–Trinajstić information content (AvgIpc) is 2.48. The highest BCUT2D eigenvalue weighted by atomic mass is 32.2. The van der Waals surface area contributed by atoms with Crippen molar-refractivity contribution in [1.82, 2.24) is 4.98 Å². The van der Waals surface area contributed by atoms with Crippen molar-refractivity contribution in [2.24, 2.45) is 0 Å². The van der Waals surface area contributed by atoms with Crippen molar-refractivity contribution in [2.75, 3.05) is 26.5 Å². The lowest BCUT2D eigenvalue weighted by Crippen LogP contribution is -2.57. The van der Waals surface area contributed by atoms with Crippen LogP contribution in [0.15, 0.2) is 18.3 Å². The number of ether oxygens (including phenoxy) is 1. The smallest absolute Gasteiger partial charge is 0.402 e. The molecule has 130 valence electrons. The van der Waals surface area contributed by atoms with Crippen LogP contribution in [-0.4, -0.2) is 51.8 Å². The summed E-state index contributed by atoms with van der Waals surface area (Å²) in [4.78, 5) is 15.4. The average molecular weight is 353 g/mol. The molecular formula is C14H20F3N2O3S+. The predicted molar refractivity (Wildman–Crippen MR) is 79.3 cm³/mol. The van der Waals surface area contributed by atoms with Crippen LogP contribution in [-0.2, 0) is 20.9 Å². The number of halogens is 3. The number of carbonyl (C=O) groups is 1. The molecule has 1 heterocycles. The van der Waals surface area contributed by atoms with Crippen LogP contribution >= 0.6 is 0 Å². The van der Waals surface area contributed by atoms with Crippen molar-refractivity contribution in [3.63, 3.8) is 0 Å². The van der Waals surface area contributed by atoms with E-state index < -0.39 is 39.0 Å². The normalized spacial score (nSPS) is 15.1. The first-order valence-electron chi connectivity index (χ1n) is 6.98. The number of hydrogen-bond acceptors (Lipinski definition) is 4. The number of pyridine rings is 1. The summed E-state index contributed by atoms with van der Waals surface area (Å²) in [5.41, 5.74) is -0.240. The van der Waals surface area contributed by atoms with Gasteiger partial charge in [0.1, 0.15) is 37.0 Å². The Morgan fingerprint density at radius 3 is 2.48 bits per heavy atom. The minimum Gasteiger partial charge on any atom is -0.566 e. The molecule has 0 radical (unpaired) electrons. The molecule has 1 aromatic rings. The van der Waals surface area contributed by atoms with E-state index in [2.05, 4.69) is 9.72 Å². The van der Waals surface area contributed by atoms with E-state index in [1.807, 2.05) is 0 Å². The number of hydrogen-bond donors (Lipinski definition) is 0. The SMILES string of the molecule is CCOC(=O)C(F)(F)C(c1ccc(F)cn1)[N+](C)(C)[S+]([O-])CC. The summed E-state index contributed by atoms with van der Waals surface area (Å²) in [7, 11) is 2.62. The number of nitrogens with zero attached hydrogens (tertiary/aromatic N) is 2. The van der Waals surface area contributed by atoms with E-state index in [-0.39, 0.29) is 18.1 Å². The first-order valence-corrected chi connectivity index (χ1v) is 8.25. The zero-order valence-electron chi connectivity index (χ0n) is 13.4. The van der Waals surface area contributed by atoms with E-state index in [1.54, 1.807) is 6.92 Å². The highest BCUT2D eigenvalue weighted by Gasteiger charge is 2.62. The minimum atomic E-state index is -3.98. The van der Waals surface area contributed by atoms with E-state index in [0.29, 0.717) is 0 Å². The third-order valence-electron chi connectivity index (χ3n) is 3.32. The Balaban J connectivity index is 3.42. The van der Waals surface area contributed by atoms with Crippen molar-refractivity contribution in [3.8, 4) is 0 Å². The first-order chi connectivity index (χ1) is 10.6. The van der Waals surface area contributed by atoms with Gasteiger partial charge >= 0.3 is 11.9 Å². The number of alkyl halides is 2. The van der Waals surface area contributed by atoms with Gasteiger partial charge in [0.25, 0.3) is 0 Å². The topological polar surface area (TPSA) is 62.2 Å². The summed E-state index contributed by atoms with van der Waals surface area (Å²) in [6.07, 6.45) is 0.776. The lowest BCUT2D eigenvalue weighted by atomic mass is 10.0. The second kappa shape index (κ2) is 7.50. The molecule has 2 atom stereocenters. The Kier molecular flexibility index (Phi) is 6.43. The Hall–Kier alpha value is -1.32. The summed E-state index contributed by atoms with van der Waals surface area (Å²) in [6.45, 7) is 2.76. The molecule has 23 heavy (non-hydrogen) atoms. The third kappa shape index (κ3) is 4.15. The van der Waals surface area contributed by atoms with Crippen LogP contribution in [0, 0.1) is 5.82 Å². The number of carbonyl (C=O) groups excluding carboxylic acids is 1. The van der Waals surface area contributed by atoms with Crippen LogP contribution < -0.4 is 0 Å². The Morgan fingerprint density at radius 1 is 1.43 bits per heavy atom. The summed E-state index contributed by atoms with van der Waals surface area (Å²) in [5.74, 6) is -6.30. The van der Waals surface area contributed by atoms with Crippen molar-refractivity contribution >= 4 is 17.3 Å². The van der Waals surface area contributed by atoms with E-state index in [4.69, 9.17) is 0 Å². The van der Waals surface area contributed by atoms with Gasteiger partial charge in [-0.15, -0.1) is 3.89 Å². The van der Waals surface area contributed by atoms with Gasteiger partial charge in [-0.25, -0.2) is 9.18 Å². The Bertz CT molecular complexity index is 541. The molecule has 0 N–H and O–H groups in total. The fourth-order valence-electron chi connectivity index (χ4n) is 2.23. The second-order valence-corrected chi connectivity index (χ2v) is 7.35. The summed E-state index contributed by atoms with van der Waals surface area (Å²) in [5, 5.41) is 0. The van der Waals surface area contributed by atoms with Crippen molar-refractivity contribution in [2.45, 2.75) is 25.8 Å². The fourth-order valence-corrected chi connectivity index (χ4v) is 3.37. The van der Waals surface area contributed by atoms with Gasteiger partial charge in [0.2, 0.25) is 6.04 Å². The maximum absolute atomic E-state index is 14.7. The standard InChI is InChI=1S/C14H20F3N2O3S/c1-5-22-13(20)14(16,17)12(19(3,4)23(21)6-2)11-8-7-10(15)9-18-11/h7-9,12H,5-6H2,1-4H3/q+1. The maximum Gasteiger partial charge on any atom is 0.402 e. The molecule has 1 rings (SSSR count). The van der Waals surface area contributed by atoms with Crippen LogP contribution in [0.5, 0.6) is 0 Å².